The number of fused-ring (bicyclic) bond motifs is 1. The van der Waals surface area contributed by atoms with Crippen LogP contribution >= 0.6 is 0 Å². The van der Waals surface area contributed by atoms with Crippen LogP contribution in [-0.2, 0) is 6.42 Å². The highest BCUT2D eigenvalue weighted by atomic mass is 16.2. The number of piperidine rings is 1. The number of likely N-dealkylation sites (tertiary alicyclic amines) is 1. The molecule has 1 unspecified atom stereocenters. The Bertz CT molecular complexity index is 673. The van der Waals surface area contributed by atoms with Gasteiger partial charge in [0.2, 0.25) is 5.82 Å². The van der Waals surface area contributed by atoms with E-state index in [0.717, 1.165) is 44.6 Å². The number of amides is 1. The van der Waals surface area contributed by atoms with Gasteiger partial charge in [-0.1, -0.05) is 30.3 Å². The Morgan fingerprint density at radius 2 is 1.86 bits per heavy atom. The average Bonchev–Trinajstić information content (AvgIpc) is 3.16. The second-order valence-corrected chi connectivity index (χ2v) is 6.11. The maximum atomic E-state index is 12.5. The molecule has 1 atom stereocenters. The summed E-state index contributed by atoms with van der Waals surface area (Å²) >= 11 is 0. The summed E-state index contributed by atoms with van der Waals surface area (Å²) in [7, 11) is 0. The molecule has 2 aliphatic heterocycles. The topological polar surface area (TPSA) is 51.0 Å². The van der Waals surface area contributed by atoms with Crippen LogP contribution in [0.5, 0.6) is 0 Å². The second kappa shape index (κ2) is 5.55. The maximum Gasteiger partial charge on any atom is 0.293 e. The van der Waals surface area contributed by atoms with E-state index >= 15 is 0 Å². The Labute approximate surface area is 130 Å². The molecule has 3 heterocycles. The van der Waals surface area contributed by atoms with Gasteiger partial charge in [0.1, 0.15) is 5.82 Å². The minimum absolute atomic E-state index is 0.00610. The molecule has 0 saturated carbocycles. The van der Waals surface area contributed by atoms with Gasteiger partial charge in [-0.3, -0.25) is 4.79 Å². The van der Waals surface area contributed by atoms with Gasteiger partial charge >= 0.3 is 0 Å². The van der Waals surface area contributed by atoms with E-state index in [-0.39, 0.29) is 11.9 Å². The molecule has 0 spiro atoms. The van der Waals surface area contributed by atoms with E-state index in [1.165, 1.54) is 12.0 Å². The van der Waals surface area contributed by atoms with Crippen molar-refractivity contribution in [3.63, 3.8) is 0 Å². The molecule has 0 aliphatic carbocycles. The SMILES string of the molecule is O=C(c1nc2n(n1)C(c1ccccc1)CC2)N1CCCCC1. The molecule has 0 bridgehead atoms. The summed E-state index contributed by atoms with van der Waals surface area (Å²) in [6.07, 6.45) is 5.29. The normalized spacial score (nSPS) is 20.9. The number of hydrogen-bond donors (Lipinski definition) is 0. The van der Waals surface area contributed by atoms with Crippen LogP contribution in [0.4, 0.5) is 0 Å². The zero-order valence-electron chi connectivity index (χ0n) is 12.6. The Kier molecular flexibility index (Phi) is 3.41. The van der Waals surface area contributed by atoms with Gasteiger partial charge in [-0.05, 0) is 31.2 Å². The van der Waals surface area contributed by atoms with Gasteiger partial charge in [-0.2, -0.15) is 0 Å². The van der Waals surface area contributed by atoms with Crippen molar-refractivity contribution < 1.29 is 4.79 Å². The van der Waals surface area contributed by atoms with E-state index in [0.29, 0.717) is 5.82 Å². The first-order valence-corrected chi connectivity index (χ1v) is 8.12. The Hall–Kier alpha value is -2.17. The standard InChI is InChI=1S/C17H20N4O/c22-17(20-11-5-2-6-12-20)16-18-15-10-9-14(21(15)19-16)13-7-3-1-4-8-13/h1,3-4,7-8,14H,2,5-6,9-12H2. The van der Waals surface area contributed by atoms with E-state index in [2.05, 4.69) is 22.2 Å². The monoisotopic (exact) mass is 296 g/mol. The van der Waals surface area contributed by atoms with E-state index in [1.807, 2.05) is 27.8 Å². The van der Waals surface area contributed by atoms with Crippen molar-refractivity contribution in [1.29, 1.82) is 0 Å². The number of rotatable bonds is 2. The number of aryl methyl sites for hydroxylation is 1. The van der Waals surface area contributed by atoms with Crippen LogP contribution in [0.15, 0.2) is 30.3 Å². The van der Waals surface area contributed by atoms with Crippen molar-refractivity contribution in [3.05, 3.63) is 47.5 Å². The first-order chi connectivity index (χ1) is 10.8. The number of carbonyl (C=O) groups excluding carboxylic acids is 1. The Balaban J connectivity index is 1.59. The number of aromatic nitrogens is 3. The van der Waals surface area contributed by atoms with Gasteiger partial charge in [0.05, 0.1) is 6.04 Å². The molecule has 2 aliphatic rings. The van der Waals surface area contributed by atoms with Crippen LogP contribution in [0, 0.1) is 0 Å². The third kappa shape index (κ3) is 2.30. The molecule has 22 heavy (non-hydrogen) atoms. The molecule has 1 fully saturated rings. The highest BCUT2D eigenvalue weighted by Gasteiger charge is 2.30. The van der Waals surface area contributed by atoms with Crippen molar-refractivity contribution in [2.75, 3.05) is 13.1 Å². The lowest BCUT2D eigenvalue weighted by molar-refractivity contribution is 0.0711. The maximum absolute atomic E-state index is 12.5. The summed E-state index contributed by atoms with van der Waals surface area (Å²) in [5.41, 5.74) is 1.24. The Morgan fingerprint density at radius 1 is 1.09 bits per heavy atom. The van der Waals surface area contributed by atoms with Crippen LogP contribution in [0.3, 0.4) is 0 Å². The second-order valence-electron chi connectivity index (χ2n) is 6.11. The molecule has 1 aromatic heterocycles. The molecular weight excluding hydrogens is 276 g/mol. The van der Waals surface area contributed by atoms with Crippen LogP contribution in [0.2, 0.25) is 0 Å². The lowest BCUT2D eigenvalue weighted by atomic mass is 10.1. The van der Waals surface area contributed by atoms with Crippen molar-refractivity contribution in [2.45, 2.75) is 38.1 Å². The molecule has 114 valence electrons. The van der Waals surface area contributed by atoms with Gasteiger partial charge in [-0.15, -0.1) is 5.10 Å². The average molecular weight is 296 g/mol. The summed E-state index contributed by atoms with van der Waals surface area (Å²) in [5.74, 6) is 1.31. The summed E-state index contributed by atoms with van der Waals surface area (Å²) in [5, 5.41) is 4.54. The first kappa shape index (κ1) is 13.5. The zero-order chi connectivity index (χ0) is 14.9. The van der Waals surface area contributed by atoms with Crippen molar-refractivity contribution >= 4 is 5.91 Å². The molecule has 4 rings (SSSR count). The predicted molar refractivity (Wildman–Crippen MR) is 82.7 cm³/mol. The molecule has 5 nitrogen and oxygen atoms in total. The number of hydrogen-bond acceptors (Lipinski definition) is 3. The lowest BCUT2D eigenvalue weighted by Gasteiger charge is -2.25. The first-order valence-electron chi connectivity index (χ1n) is 8.12. The third-order valence-corrected chi connectivity index (χ3v) is 4.66. The third-order valence-electron chi connectivity index (χ3n) is 4.66. The molecule has 1 amide bonds. The Morgan fingerprint density at radius 3 is 2.64 bits per heavy atom. The molecule has 0 radical (unpaired) electrons. The van der Waals surface area contributed by atoms with Crippen LogP contribution < -0.4 is 0 Å². The highest BCUT2D eigenvalue weighted by Crippen LogP contribution is 2.30. The molecule has 1 saturated heterocycles. The minimum Gasteiger partial charge on any atom is -0.336 e. The molecular formula is C17H20N4O. The largest absolute Gasteiger partial charge is 0.336 e. The van der Waals surface area contributed by atoms with Gasteiger partial charge in [-0.25, -0.2) is 9.67 Å². The van der Waals surface area contributed by atoms with Crippen LogP contribution in [0.1, 0.15) is 53.7 Å². The molecule has 1 aromatic carbocycles. The zero-order valence-corrected chi connectivity index (χ0v) is 12.6. The van der Waals surface area contributed by atoms with Gasteiger partial charge in [0, 0.05) is 19.5 Å². The summed E-state index contributed by atoms with van der Waals surface area (Å²) in [4.78, 5) is 18.9. The minimum atomic E-state index is -0.00610. The van der Waals surface area contributed by atoms with E-state index in [9.17, 15) is 4.79 Å². The summed E-state index contributed by atoms with van der Waals surface area (Å²) in [6.45, 7) is 1.68. The fraction of sp³-hybridized carbons (Fsp3) is 0.471. The predicted octanol–water partition coefficient (Wildman–Crippen LogP) is 2.44. The summed E-state index contributed by atoms with van der Waals surface area (Å²) in [6, 6.07) is 10.6. The van der Waals surface area contributed by atoms with Gasteiger partial charge < -0.3 is 4.90 Å². The van der Waals surface area contributed by atoms with Crippen LogP contribution in [-0.4, -0.2) is 38.7 Å². The fourth-order valence-corrected chi connectivity index (χ4v) is 3.48. The summed E-state index contributed by atoms with van der Waals surface area (Å²) < 4.78 is 1.95. The quantitative estimate of drug-likeness (QED) is 0.855. The van der Waals surface area contributed by atoms with Gasteiger partial charge in [0.15, 0.2) is 0 Å². The van der Waals surface area contributed by atoms with Crippen LogP contribution in [0.25, 0.3) is 0 Å². The number of nitrogens with zero attached hydrogens (tertiary/aromatic N) is 4. The van der Waals surface area contributed by atoms with Crippen molar-refractivity contribution in [1.82, 2.24) is 19.7 Å². The number of carbonyl (C=O) groups is 1. The van der Waals surface area contributed by atoms with E-state index in [4.69, 9.17) is 0 Å². The van der Waals surface area contributed by atoms with Crippen molar-refractivity contribution in [2.24, 2.45) is 0 Å². The van der Waals surface area contributed by atoms with E-state index < -0.39 is 0 Å². The van der Waals surface area contributed by atoms with E-state index in [1.54, 1.807) is 0 Å². The number of benzene rings is 1. The molecule has 2 aromatic rings. The van der Waals surface area contributed by atoms with Crippen molar-refractivity contribution in [3.8, 4) is 0 Å². The lowest BCUT2D eigenvalue weighted by Crippen LogP contribution is -2.36. The fourth-order valence-electron chi connectivity index (χ4n) is 3.48. The molecule has 0 N–H and O–H groups in total. The van der Waals surface area contributed by atoms with Gasteiger partial charge in [0.25, 0.3) is 5.91 Å². The highest BCUT2D eigenvalue weighted by molar-refractivity contribution is 5.90. The smallest absolute Gasteiger partial charge is 0.293 e. The molecule has 5 heteroatoms.